The maximum atomic E-state index is 5.75. The highest BCUT2D eigenvalue weighted by Crippen LogP contribution is 2.23. The molecular formula is C17H35NO. The van der Waals surface area contributed by atoms with Gasteiger partial charge >= 0.3 is 0 Å². The second-order valence-electron chi connectivity index (χ2n) is 6.12. The molecule has 0 aromatic heterocycles. The van der Waals surface area contributed by atoms with Crippen molar-refractivity contribution < 1.29 is 4.74 Å². The fraction of sp³-hybridized carbons (Fsp3) is 1.00. The molecule has 1 rings (SSSR count). The van der Waals surface area contributed by atoms with Crippen LogP contribution in [0.15, 0.2) is 0 Å². The predicted molar refractivity (Wildman–Crippen MR) is 83.6 cm³/mol. The smallest absolute Gasteiger partial charge is 0.0576 e. The molecule has 3 atom stereocenters. The van der Waals surface area contributed by atoms with E-state index >= 15 is 0 Å². The number of hydrogen-bond acceptors (Lipinski definition) is 2. The van der Waals surface area contributed by atoms with Crippen LogP contribution in [-0.4, -0.2) is 25.3 Å². The van der Waals surface area contributed by atoms with Crippen LogP contribution in [0.3, 0.4) is 0 Å². The van der Waals surface area contributed by atoms with Crippen molar-refractivity contribution in [3.63, 3.8) is 0 Å². The van der Waals surface area contributed by atoms with Gasteiger partial charge in [0.25, 0.3) is 0 Å². The lowest BCUT2D eigenvalue weighted by atomic mass is 9.89. The fourth-order valence-corrected chi connectivity index (χ4v) is 3.23. The van der Waals surface area contributed by atoms with Gasteiger partial charge in [-0.1, -0.05) is 46.5 Å². The molecule has 1 N–H and O–H groups in total. The Balaban J connectivity index is 2.27. The number of hydrogen-bond donors (Lipinski definition) is 1. The van der Waals surface area contributed by atoms with Gasteiger partial charge in [-0.25, -0.2) is 0 Å². The van der Waals surface area contributed by atoms with Gasteiger partial charge in [-0.3, -0.25) is 0 Å². The summed E-state index contributed by atoms with van der Waals surface area (Å²) in [5.41, 5.74) is 0. The summed E-state index contributed by atoms with van der Waals surface area (Å²) < 4.78 is 5.75. The first-order chi connectivity index (χ1) is 9.30. The average Bonchev–Trinajstić information content (AvgIpc) is 2.94. The lowest BCUT2D eigenvalue weighted by Crippen LogP contribution is -2.32. The molecule has 1 aliphatic heterocycles. The molecule has 0 amide bonds. The van der Waals surface area contributed by atoms with Crippen molar-refractivity contribution in [3.8, 4) is 0 Å². The maximum absolute atomic E-state index is 5.75. The third-order valence-electron chi connectivity index (χ3n) is 4.52. The zero-order chi connectivity index (χ0) is 13.9. The molecule has 0 spiro atoms. The van der Waals surface area contributed by atoms with Crippen molar-refractivity contribution in [1.82, 2.24) is 5.32 Å². The van der Waals surface area contributed by atoms with E-state index in [0.717, 1.165) is 19.1 Å². The topological polar surface area (TPSA) is 21.3 Å². The molecule has 114 valence electrons. The summed E-state index contributed by atoms with van der Waals surface area (Å²) in [5.74, 6) is 0.911. The van der Waals surface area contributed by atoms with E-state index in [-0.39, 0.29) is 0 Å². The highest BCUT2D eigenvalue weighted by Gasteiger charge is 2.19. The molecule has 2 heteroatoms. The van der Waals surface area contributed by atoms with E-state index in [0.29, 0.717) is 12.1 Å². The third kappa shape index (κ3) is 7.31. The largest absolute Gasteiger partial charge is 0.378 e. The number of nitrogens with one attached hydrogen (secondary N) is 1. The Morgan fingerprint density at radius 3 is 2.63 bits per heavy atom. The van der Waals surface area contributed by atoms with Gasteiger partial charge in [0, 0.05) is 12.6 Å². The molecule has 3 unspecified atom stereocenters. The van der Waals surface area contributed by atoms with Gasteiger partial charge in [0.05, 0.1) is 6.10 Å². The van der Waals surface area contributed by atoms with Crippen LogP contribution in [0.2, 0.25) is 0 Å². The summed E-state index contributed by atoms with van der Waals surface area (Å²) in [7, 11) is 0. The Morgan fingerprint density at radius 2 is 2.05 bits per heavy atom. The van der Waals surface area contributed by atoms with Crippen molar-refractivity contribution in [2.24, 2.45) is 5.92 Å². The number of unbranched alkanes of at least 4 members (excludes halogenated alkanes) is 1. The minimum absolute atomic E-state index is 0.553. The van der Waals surface area contributed by atoms with E-state index in [1.165, 1.54) is 57.8 Å². The molecule has 1 fully saturated rings. The van der Waals surface area contributed by atoms with Gasteiger partial charge in [0.1, 0.15) is 0 Å². The van der Waals surface area contributed by atoms with Crippen LogP contribution in [0.25, 0.3) is 0 Å². The van der Waals surface area contributed by atoms with Gasteiger partial charge in [0.15, 0.2) is 0 Å². The lowest BCUT2D eigenvalue weighted by Gasteiger charge is -2.24. The Labute approximate surface area is 120 Å². The SMILES string of the molecule is CCCCC(CC)CC(CCC1CCCO1)NCC. The van der Waals surface area contributed by atoms with E-state index in [1.807, 2.05) is 0 Å². The van der Waals surface area contributed by atoms with Gasteiger partial charge in [-0.2, -0.15) is 0 Å². The molecule has 1 aliphatic rings. The van der Waals surface area contributed by atoms with Crippen molar-refractivity contribution in [1.29, 1.82) is 0 Å². The molecule has 0 aromatic rings. The Hall–Kier alpha value is -0.0800. The van der Waals surface area contributed by atoms with Crippen molar-refractivity contribution in [2.45, 2.75) is 90.7 Å². The van der Waals surface area contributed by atoms with Gasteiger partial charge in [-0.05, 0) is 44.6 Å². The van der Waals surface area contributed by atoms with Crippen molar-refractivity contribution >= 4 is 0 Å². The summed E-state index contributed by atoms with van der Waals surface area (Å²) >= 11 is 0. The van der Waals surface area contributed by atoms with E-state index in [1.54, 1.807) is 0 Å². The first kappa shape index (κ1) is 17.0. The first-order valence-corrected chi connectivity index (χ1v) is 8.65. The summed E-state index contributed by atoms with van der Waals surface area (Å²) in [6, 6.07) is 0.705. The normalized spacial score (nSPS) is 22.6. The molecule has 19 heavy (non-hydrogen) atoms. The van der Waals surface area contributed by atoms with E-state index < -0.39 is 0 Å². The molecule has 0 bridgehead atoms. The lowest BCUT2D eigenvalue weighted by molar-refractivity contribution is 0.0985. The van der Waals surface area contributed by atoms with Crippen LogP contribution in [0.4, 0.5) is 0 Å². The van der Waals surface area contributed by atoms with Gasteiger partial charge in [0.2, 0.25) is 0 Å². The van der Waals surface area contributed by atoms with Crippen LogP contribution in [0.5, 0.6) is 0 Å². The minimum atomic E-state index is 0.553. The molecular weight excluding hydrogens is 234 g/mol. The molecule has 0 aliphatic carbocycles. The third-order valence-corrected chi connectivity index (χ3v) is 4.52. The first-order valence-electron chi connectivity index (χ1n) is 8.65. The number of rotatable bonds is 11. The van der Waals surface area contributed by atoms with Crippen LogP contribution in [0.1, 0.15) is 78.6 Å². The Morgan fingerprint density at radius 1 is 1.21 bits per heavy atom. The standard InChI is InChI=1S/C17H35NO/c1-4-7-9-15(5-2)14-16(18-6-3)11-12-17-10-8-13-19-17/h15-18H,4-14H2,1-3H3. The summed E-state index contributed by atoms with van der Waals surface area (Å²) in [4.78, 5) is 0. The molecule has 0 saturated carbocycles. The average molecular weight is 269 g/mol. The van der Waals surface area contributed by atoms with Crippen LogP contribution in [0, 0.1) is 5.92 Å². The van der Waals surface area contributed by atoms with E-state index in [2.05, 4.69) is 26.1 Å². The summed E-state index contributed by atoms with van der Waals surface area (Å²) in [6.07, 6.45) is 12.5. The molecule has 0 radical (unpaired) electrons. The van der Waals surface area contributed by atoms with Gasteiger partial charge in [-0.15, -0.1) is 0 Å². The van der Waals surface area contributed by atoms with E-state index in [4.69, 9.17) is 4.74 Å². The highest BCUT2D eigenvalue weighted by molar-refractivity contribution is 4.74. The van der Waals surface area contributed by atoms with Crippen LogP contribution < -0.4 is 5.32 Å². The van der Waals surface area contributed by atoms with Crippen LogP contribution in [-0.2, 0) is 4.74 Å². The van der Waals surface area contributed by atoms with E-state index in [9.17, 15) is 0 Å². The summed E-state index contributed by atoms with van der Waals surface area (Å²) in [6.45, 7) is 8.96. The van der Waals surface area contributed by atoms with Crippen LogP contribution >= 0.6 is 0 Å². The summed E-state index contributed by atoms with van der Waals surface area (Å²) in [5, 5.41) is 3.69. The quantitative estimate of drug-likeness (QED) is 0.595. The minimum Gasteiger partial charge on any atom is -0.378 e. The van der Waals surface area contributed by atoms with Gasteiger partial charge < -0.3 is 10.1 Å². The number of ether oxygens (including phenoxy) is 1. The second kappa shape index (κ2) is 10.7. The zero-order valence-electron chi connectivity index (χ0n) is 13.4. The maximum Gasteiger partial charge on any atom is 0.0576 e. The molecule has 2 nitrogen and oxygen atoms in total. The second-order valence-corrected chi connectivity index (χ2v) is 6.12. The Bertz CT molecular complexity index is 201. The molecule has 1 saturated heterocycles. The zero-order valence-corrected chi connectivity index (χ0v) is 13.4. The predicted octanol–water partition coefficient (Wildman–Crippen LogP) is 4.53. The molecule has 0 aromatic carbocycles. The van der Waals surface area contributed by atoms with Crippen molar-refractivity contribution in [3.05, 3.63) is 0 Å². The monoisotopic (exact) mass is 269 g/mol. The highest BCUT2D eigenvalue weighted by atomic mass is 16.5. The van der Waals surface area contributed by atoms with Crippen molar-refractivity contribution in [2.75, 3.05) is 13.2 Å². The fourth-order valence-electron chi connectivity index (χ4n) is 3.23. The Kier molecular flexibility index (Phi) is 9.54. The molecule has 1 heterocycles.